The summed E-state index contributed by atoms with van der Waals surface area (Å²) in [6.07, 6.45) is 0. The standard InChI is InChI=1S/C15H18N3PS3/c1-7-10(4)20-13(16-7)19(14-17-8(2)11(5)21-14)15-18-9(3)12(6)22-15/h1-6H3. The molecule has 0 radical (unpaired) electrons. The highest BCUT2D eigenvalue weighted by Gasteiger charge is 2.28. The Morgan fingerprint density at radius 3 is 1.00 bits per heavy atom. The molecular formula is C15H18N3PS3. The van der Waals surface area contributed by atoms with Crippen LogP contribution in [0.5, 0.6) is 0 Å². The van der Waals surface area contributed by atoms with Crippen molar-refractivity contribution >= 4 is 56.2 Å². The van der Waals surface area contributed by atoms with Gasteiger partial charge in [0.2, 0.25) is 0 Å². The van der Waals surface area contributed by atoms with Crippen molar-refractivity contribution in [1.82, 2.24) is 15.0 Å². The molecule has 22 heavy (non-hydrogen) atoms. The van der Waals surface area contributed by atoms with Gasteiger partial charge in [-0.2, -0.15) is 0 Å². The van der Waals surface area contributed by atoms with Crippen LogP contribution >= 0.6 is 41.9 Å². The maximum atomic E-state index is 4.82. The van der Waals surface area contributed by atoms with Gasteiger partial charge in [-0.25, -0.2) is 15.0 Å². The van der Waals surface area contributed by atoms with Crippen molar-refractivity contribution in [3.63, 3.8) is 0 Å². The molecule has 0 saturated heterocycles. The Morgan fingerprint density at radius 2 is 0.818 bits per heavy atom. The Hall–Kier alpha value is -0.680. The molecule has 3 aromatic rings. The Balaban J connectivity index is 2.17. The maximum Gasteiger partial charge on any atom is 0.129 e. The average Bonchev–Trinajstić information content (AvgIpc) is 3.04. The van der Waals surface area contributed by atoms with E-state index in [9.17, 15) is 0 Å². The number of aryl methyl sites for hydroxylation is 6. The molecule has 0 N–H and O–H groups in total. The molecule has 0 aliphatic carbocycles. The molecule has 0 aromatic carbocycles. The van der Waals surface area contributed by atoms with Gasteiger partial charge in [0.25, 0.3) is 0 Å². The molecule has 3 heterocycles. The summed E-state index contributed by atoms with van der Waals surface area (Å²) in [5, 5.41) is 0. The van der Waals surface area contributed by atoms with Crippen molar-refractivity contribution in [2.24, 2.45) is 0 Å². The minimum absolute atomic E-state index is 0.710. The largest absolute Gasteiger partial charge is 0.241 e. The average molecular weight is 368 g/mol. The van der Waals surface area contributed by atoms with Gasteiger partial charge in [-0.15, -0.1) is 34.0 Å². The van der Waals surface area contributed by atoms with Gasteiger partial charge in [-0.1, -0.05) is 0 Å². The van der Waals surface area contributed by atoms with Gasteiger partial charge >= 0.3 is 0 Å². The molecule has 3 nitrogen and oxygen atoms in total. The lowest BCUT2D eigenvalue weighted by molar-refractivity contribution is 1.24. The lowest BCUT2D eigenvalue weighted by Crippen LogP contribution is -2.20. The van der Waals surface area contributed by atoms with Crippen molar-refractivity contribution in [2.45, 2.75) is 41.5 Å². The molecule has 0 atom stereocenters. The smallest absolute Gasteiger partial charge is 0.129 e. The van der Waals surface area contributed by atoms with Gasteiger partial charge in [0.15, 0.2) is 0 Å². The molecule has 0 spiro atoms. The van der Waals surface area contributed by atoms with Crippen LogP contribution in [0.1, 0.15) is 31.7 Å². The van der Waals surface area contributed by atoms with E-state index in [1.807, 2.05) is 0 Å². The summed E-state index contributed by atoms with van der Waals surface area (Å²) < 4.78 is 3.52. The number of thiazole rings is 3. The molecule has 116 valence electrons. The number of rotatable bonds is 3. The summed E-state index contributed by atoms with van der Waals surface area (Å²) in [5.41, 5.74) is 3.38. The first kappa shape index (κ1) is 16.2. The van der Waals surface area contributed by atoms with Crippen molar-refractivity contribution < 1.29 is 0 Å². The fourth-order valence-corrected chi connectivity index (χ4v) is 9.49. The zero-order valence-corrected chi connectivity index (χ0v) is 16.9. The van der Waals surface area contributed by atoms with Gasteiger partial charge in [0.1, 0.15) is 14.2 Å². The highest BCUT2D eigenvalue weighted by atomic mass is 32.1. The third-order valence-corrected chi connectivity index (χ3v) is 10.2. The molecule has 3 aromatic heterocycles. The van der Waals surface area contributed by atoms with Crippen LogP contribution < -0.4 is 14.2 Å². The Kier molecular flexibility index (Phi) is 4.47. The summed E-state index contributed by atoms with van der Waals surface area (Å²) in [5.74, 6) is 0. The summed E-state index contributed by atoms with van der Waals surface area (Å²) in [7, 11) is -0.710. The first-order valence-corrected chi connectivity index (χ1v) is 10.8. The van der Waals surface area contributed by atoms with Crippen LogP contribution in [0.25, 0.3) is 0 Å². The lowest BCUT2D eigenvalue weighted by atomic mass is 10.4. The van der Waals surface area contributed by atoms with Gasteiger partial charge in [0, 0.05) is 14.6 Å². The lowest BCUT2D eigenvalue weighted by Gasteiger charge is -2.08. The fraction of sp³-hybridized carbons (Fsp3) is 0.400. The van der Waals surface area contributed by atoms with Gasteiger partial charge in [-0.05, 0) is 41.5 Å². The second-order valence-electron chi connectivity index (χ2n) is 5.25. The topological polar surface area (TPSA) is 38.7 Å². The van der Waals surface area contributed by atoms with Crippen LogP contribution in [0.2, 0.25) is 0 Å². The van der Waals surface area contributed by atoms with E-state index in [0.29, 0.717) is 0 Å². The molecule has 3 rings (SSSR count). The fourth-order valence-electron chi connectivity index (χ4n) is 1.90. The van der Waals surface area contributed by atoms with Gasteiger partial charge in [0.05, 0.1) is 25.0 Å². The van der Waals surface area contributed by atoms with E-state index in [0.717, 1.165) is 17.1 Å². The maximum absolute atomic E-state index is 4.82. The second-order valence-corrected chi connectivity index (χ2v) is 11.7. The molecule has 0 fully saturated rings. The SMILES string of the molecule is Cc1nc(P(c2nc(C)c(C)s2)c2nc(C)c(C)s2)sc1C. The first-order chi connectivity index (χ1) is 10.4. The summed E-state index contributed by atoms with van der Waals surface area (Å²) in [6.45, 7) is 12.7. The summed E-state index contributed by atoms with van der Waals surface area (Å²) in [4.78, 5) is 18.3. The second kappa shape index (κ2) is 6.08. The Labute approximate surface area is 144 Å². The van der Waals surface area contributed by atoms with E-state index in [-0.39, 0.29) is 0 Å². The minimum Gasteiger partial charge on any atom is -0.241 e. The molecule has 7 heteroatoms. The first-order valence-electron chi connectivity index (χ1n) is 6.99. The van der Waals surface area contributed by atoms with E-state index in [2.05, 4.69) is 41.5 Å². The predicted molar refractivity (Wildman–Crippen MR) is 101 cm³/mol. The van der Waals surface area contributed by atoms with Crippen LogP contribution in [0.15, 0.2) is 0 Å². The van der Waals surface area contributed by atoms with Crippen molar-refractivity contribution in [3.05, 3.63) is 31.7 Å². The summed E-state index contributed by atoms with van der Waals surface area (Å²) in [6, 6.07) is 0. The molecule has 0 aliphatic rings. The Morgan fingerprint density at radius 1 is 0.545 bits per heavy atom. The monoisotopic (exact) mass is 367 g/mol. The summed E-state index contributed by atoms with van der Waals surface area (Å²) >= 11 is 5.38. The predicted octanol–water partition coefficient (Wildman–Crippen LogP) is 3.66. The van der Waals surface area contributed by atoms with Crippen molar-refractivity contribution in [2.75, 3.05) is 0 Å². The Bertz CT molecular complexity index is 663. The quantitative estimate of drug-likeness (QED) is 0.663. The number of hydrogen-bond donors (Lipinski definition) is 0. The van der Waals surface area contributed by atoms with Gasteiger partial charge < -0.3 is 0 Å². The van der Waals surface area contributed by atoms with E-state index in [1.54, 1.807) is 34.0 Å². The molecule has 0 saturated carbocycles. The van der Waals surface area contributed by atoms with Crippen LogP contribution in [-0.4, -0.2) is 15.0 Å². The van der Waals surface area contributed by atoms with Gasteiger partial charge in [-0.3, -0.25) is 0 Å². The number of aromatic nitrogens is 3. The third-order valence-electron chi connectivity index (χ3n) is 3.63. The highest BCUT2D eigenvalue weighted by Crippen LogP contribution is 2.38. The van der Waals surface area contributed by atoms with Crippen LogP contribution in [0.4, 0.5) is 0 Å². The zero-order chi connectivity index (χ0) is 16.0. The van der Waals surface area contributed by atoms with Crippen molar-refractivity contribution in [1.29, 1.82) is 0 Å². The van der Waals surface area contributed by atoms with E-state index >= 15 is 0 Å². The minimum atomic E-state index is -0.710. The number of hydrogen-bond acceptors (Lipinski definition) is 6. The third kappa shape index (κ3) is 2.90. The highest BCUT2D eigenvalue weighted by molar-refractivity contribution is 7.90. The van der Waals surface area contributed by atoms with E-state index in [4.69, 9.17) is 15.0 Å². The van der Waals surface area contributed by atoms with E-state index in [1.165, 1.54) is 28.9 Å². The van der Waals surface area contributed by atoms with Crippen molar-refractivity contribution in [3.8, 4) is 0 Å². The molecule has 0 bridgehead atoms. The van der Waals surface area contributed by atoms with Crippen LogP contribution in [0, 0.1) is 41.5 Å². The molecule has 0 aliphatic heterocycles. The normalized spacial score (nSPS) is 11.6. The van der Waals surface area contributed by atoms with Crippen LogP contribution in [-0.2, 0) is 0 Å². The molecule has 0 amide bonds. The molecule has 0 unspecified atom stereocenters. The molecular weight excluding hydrogens is 349 g/mol. The van der Waals surface area contributed by atoms with E-state index < -0.39 is 7.92 Å². The zero-order valence-electron chi connectivity index (χ0n) is 13.5. The van der Waals surface area contributed by atoms with Crippen LogP contribution in [0.3, 0.4) is 0 Å². The number of nitrogens with zero attached hydrogens (tertiary/aromatic N) is 3.